The Morgan fingerprint density at radius 2 is 1.62 bits per heavy atom. The lowest BCUT2D eigenvalue weighted by atomic mass is 10.1. The van der Waals surface area contributed by atoms with E-state index in [1.54, 1.807) is 38.1 Å². The first kappa shape index (κ1) is 23.2. The molecule has 0 radical (unpaired) electrons. The van der Waals surface area contributed by atoms with Crippen molar-refractivity contribution in [1.29, 1.82) is 0 Å². The summed E-state index contributed by atoms with van der Waals surface area (Å²) in [5.74, 6) is 0.0787. The van der Waals surface area contributed by atoms with Gasteiger partial charge in [0.15, 0.2) is 0 Å². The van der Waals surface area contributed by atoms with Gasteiger partial charge in [-0.05, 0) is 37.0 Å². The van der Waals surface area contributed by atoms with Gasteiger partial charge in [-0.2, -0.15) is 4.31 Å². The van der Waals surface area contributed by atoms with E-state index in [4.69, 9.17) is 0 Å². The number of nitrogens with zero attached hydrogens (tertiary/aromatic N) is 2. The van der Waals surface area contributed by atoms with Crippen molar-refractivity contribution in [2.45, 2.75) is 51.0 Å². The molecule has 0 aromatic heterocycles. The molecule has 1 aromatic carbocycles. The lowest BCUT2D eigenvalue weighted by Crippen LogP contribution is -2.40. The van der Waals surface area contributed by atoms with Crippen LogP contribution in [0.1, 0.15) is 45.1 Å². The molecule has 1 aliphatic rings. The number of piperidine rings is 1. The van der Waals surface area contributed by atoms with Gasteiger partial charge in [-0.25, -0.2) is 13.2 Å². The van der Waals surface area contributed by atoms with Gasteiger partial charge in [-0.3, -0.25) is 4.79 Å². The summed E-state index contributed by atoms with van der Waals surface area (Å²) < 4.78 is 26.4. The van der Waals surface area contributed by atoms with E-state index in [-0.39, 0.29) is 23.4 Å². The zero-order valence-corrected chi connectivity index (χ0v) is 18.1. The average molecular weight is 425 g/mol. The highest BCUT2D eigenvalue weighted by Crippen LogP contribution is 2.16. The number of carbonyl (C=O) groups excluding carboxylic acids is 2. The van der Waals surface area contributed by atoms with Crippen molar-refractivity contribution >= 4 is 22.0 Å². The molecule has 162 valence electrons. The van der Waals surface area contributed by atoms with Crippen LogP contribution >= 0.6 is 0 Å². The topological polar surface area (TPSA) is 98.8 Å². The Labute approximate surface area is 173 Å². The quantitative estimate of drug-likeness (QED) is 0.633. The van der Waals surface area contributed by atoms with Gasteiger partial charge in [0, 0.05) is 45.7 Å². The van der Waals surface area contributed by atoms with Crippen LogP contribution < -0.4 is 10.6 Å². The maximum Gasteiger partial charge on any atom is 0.315 e. The summed E-state index contributed by atoms with van der Waals surface area (Å²) in [7, 11) is -3.48. The van der Waals surface area contributed by atoms with Crippen molar-refractivity contribution < 1.29 is 18.0 Å². The average Bonchev–Trinajstić information content (AvgIpc) is 2.73. The van der Waals surface area contributed by atoms with Crippen molar-refractivity contribution in [2.24, 2.45) is 0 Å². The highest BCUT2D eigenvalue weighted by atomic mass is 32.2. The third-order valence-corrected chi connectivity index (χ3v) is 7.12. The van der Waals surface area contributed by atoms with Gasteiger partial charge in [-0.1, -0.05) is 26.0 Å². The smallest absolute Gasteiger partial charge is 0.315 e. The normalized spacial score (nSPS) is 14.7. The molecular weight excluding hydrogens is 392 g/mol. The molecule has 0 unspecified atom stereocenters. The Morgan fingerprint density at radius 1 is 1.00 bits per heavy atom. The molecule has 1 aliphatic heterocycles. The molecule has 0 aliphatic carbocycles. The molecule has 8 nitrogen and oxygen atoms in total. The van der Waals surface area contributed by atoms with Crippen LogP contribution in [-0.2, 0) is 21.4 Å². The molecule has 0 spiro atoms. The van der Waals surface area contributed by atoms with Crippen LogP contribution in [0.25, 0.3) is 0 Å². The van der Waals surface area contributed by atoms with Gasteiger partial charge in [0.1, 0.15) is 0 Å². The van der Waals surface area contributed by atoms with Crippen LogP contribution in [0.5, 0.6) is 0 Å². The lowest BCUT2D eigenvalue weighted by Gasteiger charge is -2.26. The second kappa shape index (κ2) is 11.2. The van der Waals surface area contributed by atoms with E-state index in [1.165, 1.54) is 10.7 Å². The van der Waals surface area contributed by atoms with E-state index in [0.29, 0.717) is 26.1 Å². The molecule has 1 saturated heterocycles. The van der Waals surface area contributed by atoms with Crippen molar-refractivity contribution in [3.05, 3.63) is 29.8 Å². The zero-order chi connectivity index (χ0) is 21.3. The summed E-state index contributed by atoms with van der Waals surface area (Å²) in [6, 6.07) is 6.14. The van der Waals surface area contributed by atoms with E-state index in [9.17, 15) is 18.0 Å². The predicted molar refractivity (Wildman–Crippen MR) is 112 cm³/mol. The number of likely N-dealkylation sites (tertiary alicyclic amines) is 1. The van der Waals surface area contributed by atoms with Crippen LogP contribution in [0.3, 0.4) is 0 Å². The van der Waals surface area contributed by atoms with E-state index >= 15 is 0 Å². The van der Waals surface area contributed by atoms with Crippen LogP contribution in [0.2, 0.25) is 0 Å². The van der Waals surface area contributed by atoms with Gasteiger partial charge in [0.05, 0.1) is 4.90 Å². The van der Waals surface area contributed by atoms with E-state index in [2.05, 4.69) is 10.6 Å². The van der Waals surface area contributed by atoms with Crippen molar-refractivity contribution in [3.63, 3.8) is 0 Å². The maximum atomic E-state index is 12.5. The minimum absolute atomic E-state index is 0.0787. The second-order valence-electron chi connectivity index (χ2n) is 7.03. The predicted octanol–water partition coefficient (Wildman–Crippen LogP) is 1.92. The van der Waals surface area contributed by atoms with Gasteiger partial charge >= 0.3 is 6.03 Å². The highest BCUT2D eigenvalue weighted by molar-refractivity contribution is 7.89. The number of nitrogens with one attached hydrogen (secondary N) is 2. The van der Waals surface area contributed by atoms with Crippen LogP contribution in [0.4, 0.5) is 4.79 Å². The molecule has 1 aromatic rings. The van der Waals surface area contributed by atoms with E-state index in [1.807, 2.05) is 4.90 Å². The second-order valence-corrected chi connectivity index (χ2v) is 8.97. The number of urea groups is 1. The SMILES string of the molecule is CCN(CC)S(=O)(=O)c1ccc(CNC(=O)NCCC(=O)N2CCCCC2)cc1. The molecule has 1 heterocycles. The first-order valence-corrected chi connectivity index (χ1v) is 11.7. The Morgan fingerprint density at radius 3 is 2.21 bits per heavy atom. The van der Waals surface area contributed by atoms with E-state index in [0.717, 1.165) is 31.5 Å². The van der Waals surface area contributed by atoms with Gasteiger partial charge in [0.2, 0.25) is 15.9 Å². The van der Waals surface area contributed by atoms with Gasteiger partial charge in [-0.15, -0.1) is 0 Å². The first-order valence-electron chi connectivity index (χ1n) is 10.3. The summed E-state index contributed by atoms with van der Waals surface area (Å²) in [6.07, 6.45) is 3.57. The number of hydrogen-bond donors (Lipinski definition) is 2. The van der Waals surface area contributed by atoms with Crippen LogP contribution in [0.15, 0.2) is 29.2 Å². The van der Waals surface area contributed by atoms with Crippen molar-refractivity contribution in [2.75, 3.05) is 32.7 Å². The summed E-state index contributed by atoms with van der Waals surface area (Å²) in [5, 5.41) is 5.41. The minimum Gasteiger partial charge on any atom is -0.343 e. The molecule has 0 atom stereocenters. The van der Waals surface area contributed by atoms with E-state index < -0.39 is 10.0 Å². The fourth-order valence-electron chi connectivity index (χ4n) is 3.32. The Balaban J connectivity index is 1.75. The monoisotopic (exact) mass is 424 g/mol. The molecule has 1 fully saturated rings. The summed E-state index contributed by atoms with van der Waals surface area (Å²) in [4.78, 5) is 26.1. The highest BCUT2D eigenvalue weighted by Gasteiger charge is 2.21. The van der Waals surface area contributed by atoms with Crippen LogP contribution in [-0.4, -0.2) is 62.3 Å². The van der Waals surface area contributed by atoms with Crippen molar-refractivity contribution in [1.82, 2.24) is 19.8 Å². The third-order valence-electron chi connectivity index (χ3n) is 5.05. The maximum absolute atomic E-state index is 12.5. The Bertz CT molecular complexity index is 770. The number of amides is 3. The fourth-order valence-corrected chi connectivity index (χ4v) is 4.78. The molecular formula is C20H32N4O4S. The van der Waals surface area contributed by atoms with Crippen molar-refractivity contribution in [3.8, 4) is 0 Å². The standard InChI is InChI=1S/C20H32N4O4S/c1-3-24(4-2)29(27,28)18-10-8-17(9-11-18)16-22-20(26)21-13-12-19(25)23-14-6-5-7-15-23/h8-11H,3-7,12-16H2,1-2H3,(H2,21,22,26). The minimum atomic E-state index is -3.48. The first-order chi connectivity index (χ1) is 13.9. The Kier molecular flexibility index (Phi) is 8.91. The molecule has 3 amide bonds. The molecule has 2 rings (SSSR count). The molecule has 2 N–H and O–H groups in total. The van der Waals surface area contributed by atoms with Crippen LogP contribution in [0, 0.1) is 0 Å². The summed E-state index contributed by atoms with van der Waals surface area (Å²) in [6.45, 7) is 6.64. The lowest BCUT2D eigenvalue weighted by molar-refractivity contribution is -0.131. The van der Waals surface area contributed by atoms with Gasteiger partial charge < -0.3 is 15.5 Å². The third kappa shape index (κ3) is 6.71. The molecule has 9 heteroatoms. The molecule has 29 heavy (non-hydrogen) atoms. The fraction of sp³-hybridized carbons (Fsp3) is 0.600. The number of hydrogen-bond acceptors (Lipinski definition) is 4. The molecule has 0 bridgehead atoms. The number of carbonyl (C=O) groups is 2. The number of benzene rings is 1. The Hall–Kier alpha value is -2.13. The zero-order valence-electron chi connectivity index (χ0n) is 17.3. The summed E-state index contributed by atoms with van der Waals surface area (Å²) >= 11 is 0. The largest absolute Gasteiger partial charge is 0.343 e. The number of sulfonamides is 1. The number of rotatable bonds is 9. The van der Waals surface area contributed by atoms with Gasteiger partial charge in [0.25, 0.3) is 0 Å². The molecule has 0 saturated carbocycles. The summed E-state index contributed by atoms with van der Waals surface area (Å²) in [5.41, 5.74) is 0.794.